The van der Waals surface area contributed by atoms with Crippen LogP contribution < -0.4 is 10.6 Å². The van der Waals surface area contributed by atoms with Crippen LogP contribution in [0.2, 0.25) is 0 Å². The van der Waals surface area contributed by atoms with Crippen molar-refractivity contribution in [2.45, 2.75) is 45.3 Å². The van der Waals surface area contributed by atoms with Gasteiger partial charge in [-0.15, -0.1) is 0 Å². The van der Waals surface area contributed by atoms with Crippen molar-refractivity contribution in [1.82, 2.24) is 10.6 Å². The molecule has 1 aliphatic heterocycles. The molecule has 0 aromatic rings. The van der Waals surface area contributed by atoms with Crippen LogP contribution in [0, 0.1) is 5.41 Å². The maximum Gasteiger partial charge on any atom is 0.246 e. The molecule has 1 amide bonds. The molecule has 1 heterocycles. The Bertz CT molecular complexity index is 260. The van der Waals surface area contributed by atoms with E-state index >= 15 is 0 Å². The highest BCUT2D eigenvalue weighted by atomic mass is 16.5. The number of ether oxygens (including phenoxy) is 1. The molecule has 2 aliphatic rings. The molecular formula is C12H22N2O2. The first-order valence-electron chi connectivity index (χ1n) is 6.19. The topological polar surface area (TPSA) is 50.4 Å². The maximum absolute atomic E-state index is 11.6. The summed E-state index contributed by atoms with van der Waals surface area (Å²) in [7, 11) is 0. The van der Waals surface area contributed by atoms with Crippen molar-refractivity contribution in [2.24, 2.45) is 5.41 Å². The van der Waals surface area contributed by atoms with Crippen LogP contribution in [0.4, 0.5) is 0 Å². The van der Waals surface area contributed by atoms with E-state index < -0.39 is 0 Å². The maximum atomic E-state index is 11.6. The van der Waals surface area contributed by atoms with Gasteiger partial charge in [0.1, 0.15) is 6.61 Å². The van der Waals surface area contributed by atoms with Gasteiger partial charge in [-0.1, -0.05) is 13.8 Å². The standard InChI is InChI=1S/C12H22N2O2/c1-12(2)7-10(12)14-11(15)8-16-9-3-5-13-6-4-9/h9-10,13H,3-8H2,1-2H3,(H,14,15). The molecule has 0 aromatic heterocycles. The zero-order valence-corrected chi connectivity index (χ0v) is 10.2. The van der Waals surface area contributed by atoms with E-state index in [0.717, 1.165) is 32.4 Å². The summed E-state index contributed by atoms with van der Waals surface area (Å²) >= 11 is 0. The Morgan fingerprint density at radius 3 is 2.62 bits per heavy atom. The molecule has 2 N–H and O–H groups in total. The number of nitrogens with one attached hydrogen (secondary N) is 2. The molecule has 1 saturated heterocycles. The van der Waals surface area contributed by atoms with Crippen LogP contribution in [-0.4, -0.2) is 37.7 Å². The molecule has 2 fully saturated rings. The second-order valence-electron chi connectivity index (χ2n) is 5.57. The SMILES string of the molecule is CC1(C)CC1NC(=O)COC1CCNCC1. The molecule has 1 saturated carbocycles. The Balaban J connectivity index is 1.60. The van der Waals surface area contributed by atoms with Gasteiger partial charge in [0.25, 0.3) is 0 Å². The quantitative estimate of drug-likeness (QED) is 0.741. The molecule has 92 valence electrons. The summed E-state index contributed by atoms with van der Waals surface area (Å²) in [6.45, 7) is 6.57. The summed E-state index contributed by atoms with van der Waals surface area (Å²) in [4.78, 5) is 11.6. The number of hydrogen-bond acceptors (Lipinski definition) is 3. The van der Waals surface area contributed by atoms with Crippen molar-refractivity contribution in [3.8, 4) is 0 Å². The molecule has 4 nitrogen and oxygen atoms in total. The van der Waals surface area contributed by atoms with E-state index in [0.29, 0.717) is 11.5 Å². The van der Waals surface area contributed by atoms with Crippen molar-refractivity contribution in [3.63, 3.8) is 0 Å². The highest BCUT2D eigenvalue weighted by Gasteiger charge is 2.46. The fraction of sp³-hybridized carbons (Fsp3) is 0.917. The number of rotatable bonds is 4. The van der Waals surface area contributed by atoms with Crippen LogP contribution in [0.5, 0.6) is 0 Å². The Morgan fingerprint density at radius 2 is 2.06 bits per heavy atom. The lowest BCUT2D eigenvalue weighted by Crippen LogP contribution is -2.37. The van der Waals surface area contributed by atoms with Crippen molar-refractivity contribution in [3.05, 3.63) is 0 Å². The van der Waals surface area contributed by atoms with E-state index in [1.54, 1.807) is 0 Å². The van der Waals surface area contributed by atoms with E-state index in [1.807, 2.05) is 0 Å². The number of hydrogen-bond donors (Lipinski definition) is 2. The summed E-state index contributed by atoms with van der Waals surface area (Å²) in [5, 5.41) is 6.28. The summed E-state index contributed by atoms with van der Waals surface area (Å²) in [6, 6.07) is 0.358. The lowest BCUT2D eigenvalue weighted by Gasteiger charge is -2.22. The number of piperidine rings is 1. The van der Waals surface area contributed by atoms with Crippen LogP contribution in [-0.2, 0) is 9.53 Å². The molecule has 4 heteroatoms. The molecule has 1 unspecified atom stereocenters. The first-order chi connectivity index (χ1) is 7.58. The Morgan fingerprint density at radius 1 is 1.44 bits per heavy atom. The Kier molecular flexibility index (Phi) is 3.50. The molecule has 16 heavy (non-hydrogen) atoms. The third-order valence-corrected chi connectivity index (χ3v) is 3.58. The first kappa shape index (κ1) is 11.9. The van der Waals surface area contributed by atoms with E-state index in [9.17, 15) is 4.79 Å². The van der Waals surface area contributed by atoms with Crippen LogP contribution >= 0.6 is 0 Å². The third kappa shape index (κ3) is 3.19. The fourth-order valence-electron chi connectivity index (χ4n) is 2.11. The minimum atomic E-state index is 0.0362. The summed E-state index contributed by atoms with van der Waals surface area (Å²) in [6.07, 6.45) is 3.38. The molecule has 1 aliphatic carbocycles. The minimum absolute atomic E-state index is 0.0362. The van der Waals surface area contributed by atoms with Gasteiger partial charge in [-0.2, -0.15) is 0 Å². The number of carbonyl (C=O) groups is 1. The zero-order chi connectivity index (χ0) is 11.6. The summed E-state index contributed by atoms with van der Waals surface area (Å²) in [5.74, 6) is 0.0362. The molecule has 0 spiro atoms. The van der Waals surface area contributed by atoms with Crippen molar-refractivity contribution >= 4 is 5.91 Å². The van der Waals surface area contributed by atoms with Gasteiger partial charge in [-0.3, -0.25) is 4.79 Å². The van der Waals surface area contributed by atoms with Crippen molar-refractivity contribution < 1.29 is 9.53 Å². The summed E-state index contributed by atoms with van der Waals surface area (Å²) < 4.78 is 5.59. The van der Waals surface area contributed by atoms with Crippen LogP contribution in [0.1, 0.15) is 33.1 Å². The minimum Gasteiger partial charge on any atom is -0.368 e. The predicted octanol–water partition coefficient (Wildman–Crippen LogP) is 0.670. The van der Waals surface area contributed by atoms with Crippen LogP contribution in [0.3, 0.4) is 0 Å². The van der Waals surface area contributed by atoms with Gasteiger partial charge in [0.05, 0.1) is 6.10 Å². The first-order valence-corrected chi connectivity index (χ1v) is 6.19. The second-order valence-corrected chi connectivity index (χ2v) is 5.57. The van der Waals surface area contributed by atoms with Crippen LogP contribution in [0.15, 0.2) is 0 Å². The Hall–Kier alpha value is -0.610. The van der Waals surface area contributed by atoms with Crippen LogP contribution in [0.25, 0.3) is 0 Å². The summed E-state index contributed by atoms with van der Waals surface area (Å²) in [5.41, 5.74) is 0.296. The normalized spacial score (nSPS) is 28.8. The molecule has 0 radical (unpaired) electrons. The van der Waals surface area contributed by atoms with E-state index in [-0.39, 0.29) is 18.6 Å². The lowest BCUT2D eigenvalue weighted by atomic mass is 10.1. The second kappa shape index (κ2) is 4.72. The monoisotopic (exact) mass is 226 g/mol. The third-order valence-electron chi connectivity index (χ3n) is 3.58. The molecular weight excluding hydrogens is 204 g/mol. The molecule has 0 aromatic carbocycles. The van der Waals surface area contributed by atoms with Gasteiger partial charge < -0.3 is 15.4 Å². The number of carbonyl (C=O) groups excluding carboxylic acids is 1. The number of amides is 1. The predicted molar refractivity (Wildman–Crippen MR) is 62.2 cm³/mol. The van der Waals surface area contributed by atoms with Gasteiger partial charge in [-0.05, 0) is 37.8 Å². The van der Waals surface area contributed by atoms with E-state index in [1.165, 1.54) is 0 Å². The average molecular weight is 226 g/mol. The fourth-order valence-corrected chi connectivity index (χ4v) is 2.11. The molecule has 2 rings (SSSR count). The Labute approximate surface area is 97.1 Å². The lowest BCUT2D eigenvalue weighted by molar-refractivity contribution is -0.128. The molecule has 1 atom stereocenters. The van der Waals surface area contributed by atoms with Gasteiger partial charge in [0, 0.05) is 6.04 Å². The highest BCUT2D eigenvalue weighted by Crippen LogP contribution is 2.44. The van der Waals surface area contributed by atoms with E-state index in [4.69, 9.17) is 4.74 Å². The van der Waals surface area contributed by atoms with Gasteiger partial charge in [0.2, 0.25) is 5.91 Å². The van der Waals surface area contributed by atoms with E-state index in [2.05, 4.69) is 24.5 Å². The molecule has 0 bridgehead atoms. The average Bonchev–Trinajstić information content (AvgIpc) is 2.84. The van der Waals surface area contributed by atoms with Gasteiger partial charge in [-0.25, -0.2) is 0 Å². The van der Waals surface area contributed by atoms with Crippen molar-refractivity contribution in [1.29, 1.82) is 0 Å². The zero-order valence-electron chi connectivity index (χ0n) is 10.2. The van der Waals surface area contributed by atoms with Gasteiger partial charge in [0.15, 0.2) is 0 Å². The van der Waals surface area contributed by atoms with Gasteiger partial charge >= 0.3 is 0 Å². The largest absolute Gasteiger partial charge is 0.368 e. The smallest absolute Gasteiger partial charge is 0.246 e. The highest BCUT2D eigenvalue weighted by molar-refractivity contribution is 5.78. The van der Waals surface area contributed by atoms with Crippen molar-refractivity contribution in [2.75, 3.05) is 19.7 Å².